The first-order chi connectivity index (χ1) is 9.18. The van der Waals surface area contributed by atoms with Crippen molar-refractivity contribution in [2.24, 2.45) is 0 Å². The van der Waals surface area contributed by atoms with Gasteiger partial charge in [0.1, 0.15) is 11.5 Å². The lowest BCUT2D eigenvalue weighted by atomic mass is 9.78. The lowest BCUT2D eigenvalue weighted by Gasteiger charge is -2.33. The molecular formula is C16H18O3. The molecule has 1 aliphatic carbocycles. The molecule has 1 unspecified atom stereocenters. The minimum Gasteiger partial charge on any atom is -0.497 e. The quantitative estimate of drug-likeness (QED) is 0.920. The standard InChI is InChI=1S/C16H18O3/c1-18-14-5-4-12-6-7-16(17,10-13(12)9-14)11-15-3-2-8-19-15/h2-5,8-9,17H,6-7,10-11H2,1H3. The number of hydrogen-bond donors (Lipinski definition) is 1. The molecule has 0 amide bonds. The zero-order chi connectivity index (χ0) is 13.3. The second kappa shape index (κ2) is 4.74. The molecule has 0 spiro atoms. The highest BCUT2D eigenvalue weighted by Crippen LogP contribution is 2.33. The van der Waals surface area contributed by atoms with E-state index < -0.39 is 5.60 Å². The molecule has 0 saturated carbocycles. The number of ether oxygens (including phenoxy) is 1. The van der Waals surface area contributed by atoms with Gasteiger partial charge in [-0.2, -0.15) is 0 Å². The summed E-state index contributed by atoms with van der Waals surface area (Å²) in [5.41, 5.74) is 1.78. The summed E-state index contributed by atoms with van der Waals surface area (Å²) in [7, 11) is 1.67. The van der Waals surface area contributed by atoms with Gasteiger partial charge in [0.05, 0.1) is 19.0 Å². The molecule has 1 aromatic carbocycles. The Kier molecular flexibility index (Phi) is 3.07. The minimum atomic E-state index is -0.711. The van der Waals surface area contributed by atoms with Gasteiger partial charge in [0.25, 0.3) is 0 Å². The Hall–Kier alpha value is -1.74. The molecule has 1 N–H and O–H groups in total. The normalized spacial score (nSPS) is 22.0. The van der Waals surface area contributed by atoms with Gasteiger partial charge < -0.3 is 14.3 Å². The number of furan rings is 1. The zero-order valence-electron chi connectivity index (χ0n) is 11.1. The number of aryl methyl sites for hydroxylation is 1. The molecule has 1 heterocycles. The predicted octanol–water partition coefficient (Wildman–Crippen LogP) is 2.75. The molecule has 1 aromatic heterocycles. The second-order valence-corrected chi connectivity index (χ2v) is 5.29. The molecule has 1 aliphatic rings. The first-order valence-corrected chi connectivity index (χ1v) is 6.59. The van der Waals surface area contributed by atoms with Crippen LogP contribution in [0.5, 0.6) is 5.75 Å². The average molecular weight is 258 g/mol. The highest BCUT2D eigenvalue weighted by molar-refractivity contribution is 5.38. The van der Waals surface area contributed by atoms with E-state index in [9.17, 15) is 5.11 Å². The molecule has 0 fully saturated rings. The molecule has 3 heteroatoms. The topological polar surface area (TPSA) is 42.6 Å². The second-order valence-electron chi connectivity index (χ2n) is 5.29. The van der Waals surface area contributed by atoms with Gasteiger partial charge in [0.15, 0.2) is 0 Å². The van der Waals surface area contributed by atoms with Crippen LogP contribution in [0.3, 0.4) is 0 Å². The molecule has 3 rings (SSSR count). The molecule has 100 valence electrons. The van der Waals surface area contributed by atoms with E-state index in [1.807, 2.05) is 24.3 Å². The van der Waals surface area contributed by atoms with Crippen molar-refractivity contribution < 1.29 is 14.3 Å². The van der Waals surface area contributed by atoms with Gasteiger partial charge in [-0.05, 0) is 48.2 Å². The molecule has 0 aliphatic heterocycles. The summed E-state index contributed by atoms with van der Waals surface area (Å²) in [5.74, 6) is 1.69. The molecule has 0 bridgehead atoms. The Labute approximate surface area is 112 Å². The largest absolute Gasteiger partial charge is 0.497 e. The van der Waals surface area contributed by atoms with E-state index in [0.29, 0.717) is 12.8 Å². The number of rotatable bonds is 3. The molecule has 0 radical (unpaired) electrons. The van der Waals surface area contributed by atoms with Crippen LogP contribution < -0.4 is 4.74 Å². The monoisotopic (exact) mass is 258 g/mol. The van der Waals surface area contributed by atoms with Gasteiger partial charge in [-0.1, -0.05) is 6.07 Å². The number of benzene rings is 1. The van der Waals surface area contributed by atoms with Crippen molar-refractivity contribution in [2.45, 2.75) is 31.3 Å². The highest BCUT2D eigenvalue weighted by Gasteiger charge is 2.33. The maximum atomic E-state index is 10.8. The fraction of sp³-hybridized carbons (Fsp3) is 0.375. The first kappa shape index (κ1) is 12.3. The van der Waals surface area contributed by atoms with Crippen molar-refractivity contribution in [3.8, 4) is 5.75 Å². The summed E-state index contributed by atoms with van der Waals surface area (Å²) in [6, 6.07) is 9.88. The van der Waals surface area contributed by atoms with Gasteiger partial charge in [0, 0.05) is 12.8 Å². The summed E-state index contributed by atoms with van der Waals surface area (Å²) < 4.78 is 10.6. The molecule has 1 atom stereocenters. The van der Waals surface area contributed by atoms with Gasteiger partial charge in [-0.25, -0.2) is 0 Å². The van der Waals surface area contributed by atoms with Crippen molar-refractivity contribution in [2.75, 3.05) is 7.11 Å². The van der Waals surface area contributed by atoms with E-state index in [-0.39, 0.29) is 0 Å². The maximum Gasteiger partial charge on any atom is 0.119 e. The fourth-order valence-electron chi connectivity index (χ4n) is 2.84. The van der Waals surface area contributed by atoms with E-state index in [4.69, 9.17) is 9.15 Å². The third kappa shape index (κ3) is 2.51. The predicted molar refractivity (Wildman–Crippen MR) is 72.4 cm³/mol. The summed E-state index contributed by atoms with van der Waals surface area (Å²) >= 11 is 0. The van der Waals surface area contributed by atoms with Gasteiger partial charge in [-0.3, -0.25) is 0 Å². The van der Waals surface area contributed by atoms with Crippen LogP contribution in [0.4, 0.5) is 0 Å². The average Bonchev–Trinajstić information content (AvgIpc) is 2.90. The molecule has 0 saturated heterocycles. The van der Waals surface area contributed by atoms with Crippen LogP contribution in [0, 0.1) is 0 Å². The van der Waals surface area contributed by atoms with Gasteiger partial charge in [0.2, 0.25) is 0 Å². The van der Waals surface area contributed by atoms with Crippen LogP contribution >= 0.6 is 0 Å². The minimum absolute atomic E-state index is 0.566. The molecular weight excluding hydrogens is 240 g/mol. The zero-order valence-corrected chi connectivity index (χ0v) is 11.1. The summed E-state index contributed by atoms with van der Waals surface area (Å²) in [4.78, 5) is 0. The number of fused-ring (bicyclic) bond motifs is 1. The number of methoxy groups -OCH3 is 1. The SMILES string of the molecule is COc1ccc2c(c1)CC(O)(Cc1ccco1)CC2. The van der Waals surface area contributed by atoms with Crippen LogP contribution in [-0.2, 0) is 19.3 Å². The molecule has 19 heavy (non-hydrogen) atoms. The van der Waals surface area contributed by atoms with E-state index in [1.54, 1.807) is 13.4 Å². The third-order valence-corrected chi connectivity index (χ3v) is 3.88. The van der Waals surface area contributed by atoms with Crippen LogP contribution in [0.25, 0.3) is 0 Å². The van der Waals surface area contributed by atoms with Gasteiger partial charge in [-0.15, -0.1) is 0 Å². The van der Waals surface area contributed by atoms with Crippen molar-refractivity contribution in [3.63, 3.8) is 0 Å². The van der Waals surface area contributed by atoms with Crippen LogP contribution in [-0.4, -0.2) is 17.8 Å². The lowest BCUT2D eigenvalue weighted by Crippen LogP contribution is -2.37. The molecule has 2 aromatic rings. The lowest BCUT2D eigenvalue weighted by molar-refractivity contribution is 0.0220. The van der Waals surface area contributed by atoms with Crippen LogP contribution in [0.2, 0.25) is 0 Å². The van der Waals surface area contributed by atoms with E-state index in [1.165, 1.54) is 11.1 Å². The summed E-state index contributed by atoms with van der Waals surface area (Å²) in [6.07, 6.45) is 4.54. The van der Waals surface area contributed by atoms with E-state index in [2.05, 4.69) is 6.07 Å². The van der Waals surface area contributed by atoms with Crippen LogP contribution in [0.1, 0.15) is 23.3 Å². The summed E-state index contributed by atoms with van der Waals surface area (Å²) in [5, 5.41) is 10.8. The third-order valence-electron chi connectivity index (χ3n) is 3.88. The van der Waals surface area contributed by atoms with E-state index in [0.717, 1.165) is 24.4 Å². The van der Waals surface area contributed by atoms with Crippen molar-refractivity contribution >= 4 is 0 Å². The Bertz CT molecular complexity index is 559. The number of aliphatic hydroxyl groups is 1. The van der Waals surface area contributed by atoms with Crippen molar-refractivity contribution in [3.05, 3.63) is 53.5 Å². The summed E-state index contributed by atoms with van der Waals surface area (Å²) in [6.45, 7) is 0. The highest BCUT2D eigenvalue weighted by atomic mass is 16.5. The first-order valence-electron chi connectivity index (χ1n) is 6.59. The Morgan fingerprint density at radius 1 is 1.32 bits per heavy atom. The van der Waals surface area contributed by atoms with Crippen molar-refractivity contribution in [1.82, 2.24) is 0 Å². The number of hydrogen-bond acceptors (Lipinski definition) is 3. The Morgan fingerprint density at radius 2 is 2.21 bits per heavy atom. The van der Waals surface area contributed by atoms with Crippen LogP contribution in [0.15, 0.2) is 41.0 Å². The maximum absolute atomic E-state index is 10.8. The smallest absolute Gasteiger partial charge is 0.119 e. The van der Waals surface area contributed by atoms with Gasteiger partial charge >= 0.3 is 0 Å². The van der Waals surface area contributed by atoms with E-state index >= 15 is 0 Å². The Morgan fingerprint density at radius 3 is 2.95 bits per heavy atom. The molecule has 3 nitrogen and oxygen atoms in total. The van der Waals surface area contributed by atoms with Crippen molar-refractivity contribution in [1.29, 1.82) is 0 Å². The fourth-order valence-corrected chi connectivity index (χ4v) is 2.84. The Balaban J connectivity index is 1.83.